The van der Waals surface area contributed by atoms with Crippen LogP contribution in [0.25, 0.3) is 11.0 Å². The first kappa shape index (κ1) is 17.6. The fourth-order valence-electron chi connectivity index (χ4n) is 4.12. The van der Waals surface area contributed by atoms with Crippen molar-refractivity contribution in [3.8, 4) is 0 Å². The number of aryl methyl sites for hydroxylation is 2. The minimum atomic E-state index is -0.0707. The predicted octanol–water partition coefficient (Wildman–Crippen LogP) is 2.69. The summed E-state index contributed by atoms with van der Waals surface area (Å²) in [5, 5.41) is 4.20. The molecule has 5 nitrogen and oxygen atoms in total. The van der Waals surface area contributed by atoms with Crippen LogP contribution in [0.2, 0.25) is 0 Å². The van der Waals surface area contributed by atoms with Crippen LogP contribution < -0.4 is 5.32 Å². The van der Waals surface area contributed by atoms with Crippen LogP contribution in [0.3, 0.4) is 0 Å². The molecule has 0 spiro atoms. The topological polar surface area (TPSA) is 54.7 Å². The number of amides is 1. The third-order valence-electron chi connectivity index (χ3n) is 5.80. The van der Waals surface area contributed by atoms with Crippen molar-refractivity contribution in [3.05, 3.63) is 35.1 Å². The molecule has 1 aliphatic heterocycles. The van der Waals surface area contributed by atoms with Crippen molar-refractivity contribution in [3.63, 3.8) is 0 Å². The zero-order chi connectivity index (χ0) is 18.1. The van der Waals surface area contributed by atoms with Gasteiger partial charge < -0.3 is 14.5 Å². The van der Waals surface area contributed by atoms with Gasteiger partial charge in [-0.25, -0.2) is 0 Å². The van der Waals surface area contributed by atoms with Gasteiger partial charge in [-0.3, -0.25) is 9.69 Å². The van der Waals surface area contributed by atoms with E-state index >= 15 is 0 Å². The number of nitrogens with zero attached hydrogens (tertiary/aromatic N) is 1. The maximum Gasteiger partial charge on any atom is 0.224 e. The molecule has 5 heteroatoms. The zero-order valence-corrected chi connectivity index (χ0v) is 15.8. The maximum absolute atomic E-state index is 12.5. The number of hydrogen-bond acceptors (Lipinski definition) is 4. The van der Waals surface area contributed by atoms with Crippen molar-refractivity contribution in [1.82, 2.24) is 10.2 Å². The van der Waals surface area contributed by atoms with Crippen molar-refractivity contribution in [2.45, 2.75) is 45.1 Å². The molecule has 1 N–H and O–H groups in total. The van der Waals surface area contributed by atoms with E-state index in [-0.39, 0.29) is 11.4 Å². The van der Waals surface area contributed by atoms with Crippen LogP contribution in [0.1, 0.15) is 37.0 Å². The Bertz CT molecular complexity index is 803. The van der Waals surface area contributed by atoms with E-state index in [0.29, 0.717) is 13.0 Å². The molecular weight excluding hydrogens is 328 g/mol. The summed E-state index contributed by atoms with van der Waals surface area (Å²) < 4.78 is 11.1. The molecule has 4 rings (SSSR count). The SMILES string of the molecule is CC(C)(CNC(=O)Cc1coc2cc3c(cc12)CCC3)N1CCOCC1. The first-order valence-corrected chi connectivity index (χ1v) is 9.64. The second kappa shape index (κ2) is 7.05. The average Bonchev–Trinajstić information content (AvgIpc) is 3.26. The summed E-state index contributed by atoms with van der Waals surface area (Å²) in [6, 6.07) is 4.38. The largest absolute Gasteiger partial charge is 0.464 e. The number of carbonyl (C=O) groups is 1. The van der Waals surface area contributed by atoms with Gasteiger partial charge in [-0.2, -0.15) is 0 Å². The van der Waals surface area contributed by atoms with Gasteiger partial charge in [-0.1, -0.05) is 0 Å². The summed E-state index contributed by atoms with van der Waals surface area (Å²) in [4.78, 5) is 14.9. The summed E-state index contributed by atoms with van der Waals surface area (Å²) >= 11 is 0. The fraction of sp³-hybridized carbons (Fsp3) is 0.571. The van der Waals surface area contributed by atoms with E-state index in [9.17, 15) is 4.79 Å². The number of hydrogen-bond donors (Lipinski definition) is 1. The van der Waals surface area contributed by atoms with E-state index in [1.165, 1.54) is 17.5 Å². The van der Waals surface area contributed by atoms with Crippen LogP contribution in [0.15, 0.2) is 22.8 Å². The maximum atomic E-state index is 12.5. The Balaban J connectivity index is 1.39. The summed E-state index contributed by atoms with van der Waals surface area (Å²) in [5.41, 5.74) is 4.63. The van der Waals surface area contributed by atoms with E-state index in [1.807, 2.05) is 0 Å². The Morgan fingerprint density at radius 1 is 1.19 bits per heavy atom. The number of ether oxygens (including phenoxy) is 1. The van der Waals surface area contributed by atoms with Gasteiger partial charge >= 0.3 is 0 Å². The predicted molar refractivity (Wildman–Crippen MR) is 101 cm³/mol. The number of rotatable bonds is 5. The Morgan fingerprint density at radius 3 is 2.69 bits per heavy atom. The van der Waals surface area contributed by atoms with Crippen molar-refractivity contribution < 1.29 is 13.9 Å². The highest BCUT2D eigenvalue weighted by Gasteiger charge is 2.28. The number of nitrogens with one attached hydrogen (secondary N) is 1. The second-order valence-electron chi connectivity index (χ2n) is 8.10. The van der Waals surface area contributed by atoms with Crippen molar-refractivity contribution in [2.75, 3.05) is 32.8 Å². The highest BCUT2D eigenvalue weighted by atomic mass is 16.5. The normalized spacial score (nSPS) is 18.2. The monoisotopic (exact) mass is 356 g/mol. The molecule has 1 aliphatic carbocycles. The number of furan rings is 1. The van der Waals surface area contributed by atoms with Gasteiger partial charge in [0.05, 0.1) is 25.9 Å². The minimum Gasteiger partial charge on any atom is -0.464 e. The molecule has 1 fully saturated rings. The summed E-state index contributed by atoms with van der Waals surface area (Å²) in [7, 11) is 0. The molecule has 1 aromatic heterocycles. The lowest BCUT2D eigenvalue weighted by Crippen LogP contribution is -2.55. The molecule has 0 atom stereocenters. The molecular formula is C21H28N2O3. The molecule has 1 saturated heterocycles. The Kier molecular flexibility index (Phi) is 4.76. The standard InChI is InChI=1S/C21H28N2O3/c1-21(2,23-6-8-25-9-7-23)14-22-20(24)12-17-13-26-19-11-16-5-3-4-15(16)10-18(17)19/h10-11,13H,3-9,12,14H2,1-2H3,(H,22,24). The number of benzene rings is 1. The first-order valence-electron chi connectivity index (χ1n) is 9.64. The first-order chi connectivity index (χ1) is 12.5. The smallest absolute Gasteiger partial charge is 0.224 e. The van der Waals surface area contributed by atoms with Gasteiger partial charge in [-0.15, -0.1) is 0 Å². The molecule has 0 bridgehead atoms. The fourth-order valence-corrected chi connectivity index (χ4v) is 4.12. The second-order valence-corrected chi connectivity index (χ2v) is 8.10. The number of fused-ring (bicyclic) bond motifs is 2. The van der Waals surface area contributed by atoms with Crippen molar-refractivity contribution >= 4 is 16.9 Å². The van der Waals surface area contributed by atoms with E-state index in [4.69, 9.17) is 9.15 Å². The van der Waals surface area contributed by atoms with E-state index in [0.717, 1.165) is 55.7 Å². The summed E-state index contributed by atoms with van der Waals surface area (Å²) in [5.74, 6) is 0.0505. The molecule has 140 valence electrons. The molecule has 0 saturated carbocycles. The van der Waals surface area contributed by atoms with Crippen molar-refractivity contribution in [1.29, 1.82) is 0 Å². The molecule has 0 unspecified atom stereocenters. The van der Waals surface area contributed by atoms with Crippen LogP contribution in [0, 0.1) is 0 Å². The summed E-state index contributed by atoms with van der Waals surface area (Å²) in [6.45, 7) is 8.35. The minimum absolute atomic E-state index is 0.0505. The number of morpholine rings is 1. The van der Waals surface area contributed by atoms with Gasteiger partial charge in [0.2, 0.25) is 5.91 Å². The van der Waals surface area contributed by atoms with Gasteiger partial charge in [0, 0.05) is 36.1 Å². The third kappa shape index (κ3) is 3.51. The van der Waals surface area contributed by atoms with E-state index in [1.54, 1.807) is 6.26 Å². The zero-order valence-electron chi connectivity index (χ0n) is 15.8. The number of carbonyl (C=O) groups excluding carboxylic acids is 1. The van der Waals surface area contributed by atoms with Crippen LogP contribution >= 0.6 is 0 Å². The van der Waals surface area contributed by atoms with Gasteiger partial charge in [-0.05, 0) is 56.4 Å². The van der Waals surface area contributed by atoms with Crippen LogP contribution in [0.5, 0.6) is 0 Å². The highest BCUT2D eigenvalue weighted by molar-refractivity contribution is 5.88. The molecule has 26 heavy (non-hydrogen) atoms. The van der Waals surface area contributed by atoms with Crippen LogP contribution in [-0.4, -0.2) is 49.2 Å². The van der Waals surface area contributed by atoms with Crippen LogP contribution in [0.4, 0.5) is 0 Å². The van der Waals surface area contributed by atoms with E-state index in [2.05, 4.69) is 36.2 Å². The third-order valence-corrected chi connectivity index (χ3v) is 5.80. The quantitative estimate of drug-likeness (QED) is 0.895. The highest BCUT2D eigenvalue weighted by Crippen LogP contribution is 2.30. The molecule has 1 amide bonds. The molecule has 0 radical (unpaired) electrons. The lowest BCUT2D eigenvalue weighted by molar-refractivity contribution is -0.121. The molecule has 2 heterocycles. The van der Waals surface area contributed by atoms with Crippen LogP contribution in [-0.2, 0) is 28.8 Å². The lowest BCUT2D eigenvalue weighted by Gasteiger charge is -2.40. The Morgan fingerprint density at radius 2 is 1.92 bits per heavy atom. The van der Waals surface area contributed by atoms with E-state index < -0.39 is 0 Å². The molecule has 2 aliphatic rings. The van der Waals surface area contributed by atoms with Gasteiger partial charge in [0.1, 0.15) is 5.58 Å². The lowest BCUT2D eigenvalue weighted by atomic mass is 10.0. The van der Waals surface area contributed by atoms with Gasteiger partial charge in [0.25, 0.3) is 0 Å². The average molecular weight is 356 g/mol. The Hall–Kier alpha value is -1.85. The van der Waals surface area contributed by atoms with Crippen molar-refractivity contribution in [2.24, 2.45) is 0 Å². The molecule has 2 aromatic rings. The van der Waals surface area contributed by atoms with Gasteiger partial charge in [0.15, 0.2) is 0 Å². The summed E-state index contributed by atoms with van der Waals surface area (Å²) in [6.07, 6.45) is 5.60. The molecule has 1 aromatic carbocycles. The Labute approximate surface area is 154 Å².